The van der Waals surface area contributed by atoms with Crippen molar-refractivity contribution in [1.82, 2.24) is 5.32 Å². The van der Waals surface area contributed by atoms with Gasteiger partial charge in [0.15, 0.2) is 0 Å². The van der Waals surface area contributed by atoms with Gasteiger partial charge in [0.25, 0.3) is 5.24 Å². The molecule has 0 bridgehead atoms. The van der Waals surface area contributed by atoms with Gasteiger partial charge in [-0.2, -0.15) is 0 Å². The van der Waals surface area contributed by atoms with Gasteiger partial charge in [0.05, 0.1) is 13.2 Å². The molecule has 5 nitrogen and oxygen atoms in total. The van der Waals surface area contributed by atoms with Crippen LogP contribution in [0.15, 0.2) is 84.9 Å². The first kappa shape index (κ1) is 25.9. The lowest BCUT2D eigenvalue weighted by Crippen LogP contribution is -2.20. The Labute approximate surface area is 227 Å². The molecule has 1 N–H and O–H groups in total. The fourth-order valence-corrected chi connectivity index (χ4v) is 5.53. The van der Waals surface area contributed by atoms with Gasteiger partial charge < -0.3 is 9.47 Å². The molecule has 1 saturated heterocycles. The van der Waals surface area contributed by atoms with Crippen molar-refractivity contribution in [2.75, 3.05) is 13.2 Å². The van der Waals surface area contributed by atoms with Gasteiger partial charge in [0, 0.05) is 6.42 Å². The number of ether oxygens (including phenoxy) is 2. The summed E-state index contributed by atoms with van der Waals surface area (Å²) in [6, 6.07) is 29.0. The highest BCUT2D eigenvalue weighted by molar-refractivity contribution is 8.15. The van der Waals surface area contributed by atoms with E-state index in [0.717, 1.165) is 48.8 Å². The second-order valence-electron chi connectivity index (χ2n) is 9.45. The number of hydrogen-bond donors (Lipinski definition) is 1. The number of rotatable bonds is 11. The van der Waals surface area contributed by atoms with Crippen molar-refractivity contribution in [2.45, 2.75) is 37.9 Å². The molecule has 1 atom stereocenters. The molecule has 194 valence electrons. The first-order valence-corrected chi connectivity index (χ1v) is 13.9. The van der Waals surface area contributed by atoms with Crippen molar-refractivity contribution >= 4 is 33.7 Å². The van der Waals surface area contributed by atoms with Crippen LogP contribution in [0.3, 0.4) is 0 Å². The zero-order chi connectivity index (χ0) is 26.3. The highest BCUT2D eigenvalue weighted by Crippen LogP contribution is 2.35. The van der Waals surface area contributed by atoms with E-state index in [1.54, 1.807) is 0 Å². The molecule has 4 aromatic carbocycles. The third-order valence-corrected chi connectivity index (χ3v) is 7.57. The number of thioether (sulfide) groups is 1. The van der Waals surface area contributed by atoms with Crippen molar-refractivity contribution in [3.8, 4) is 11.5 Å². The van der Waals surface area contributed by atoms with Crippen LogP contribution in [0.2, 0.25) is 0 Å². The second kappa shape index (κ2) is 12.2. The first-order chi connectivity index (χ1) is 18.6. The predicted octanol–water partition coefficient (Wildman–Crippen LogP) is 7.26. The largest absolute Gasteiger partial charge is 0.493 e. The minimum atomic E-state index is -0.518. The lowest BCUT2D eigenvalue weighted by Gasteiger charge is -2.14. The van der Waals surface area contributed by atoms with E-state index < -0.39 is 5.25 Å². The van der Waals surface area contributed by atoms with E-state index in [4.69, 9.17) is 9.47 Å². The Bertz CT molecular complexity index is 1450. The Morgan fingerprint density at radius 3 is 2.42 bits per heavy atom. The fraction of sp³-hybridized carbons (Fsp3) is 0.250. The van der Waals surface area contributed by atoms with Crippen LogP contribution in [0.4, 0.5) is 4.79 Å². The summed E-state index contributed by atoms with van der Waals surface area (Å²) in [7, 11) is 0. The van der Waals surface area contributed by atoms with Gasteiger partial charge in [0.2, 0.25) is 5.91 Å². The second-order valence-corrected chi connectivity index (χ2v) is 10.5. The van der Waals surface area contributed by atoms with E-state index in [-0.39, 0.29) is 11.1 Å². The van der Waals surface area contributed by atoms with Gasteiger partial charge in [0.1, 0.15) is 16.7 Å². The molecule has 4 aromatic rings. The average molecular weight is 526 g/mol. The molecule has 0 radical (unpaired) electrons. The zero-order valence-corrected chi connectivity index (χ0v) is 22.3. The SMILES string of the molecule is CCCc1cc(Cc2ccc3ccccc3c2)ccc1OCCCOc1cccc(C2SC(=O)NC2=O)c1. The lowest BCUT2D eigenvalue weighted by molar-refractivity contribution is -0.119. The molecule has 1 aliphatic heterocycles. The van der Waals surface area contributed by atoms with Gasteiger partial charge in [-0.05, 0) is 75.8 Å². The van der Waals surface area contributed by atoms with Crippen molar-refractivity contribution in [1.29, 1.82) is 0 Å². The Balaban J connectivity index is 1.14. The molecule has 0 spiro atoms. The molecule has 5 rings (SSSR count). The summed E-state index contributed by atoms with van der Waals surface area (Å²) >= 11 is 0.997. The Kier molecular flexibility index (Phi) is 8.29. The fourth-order valence-electron chi connectivity index (χ4n) is 4.71. The molecule has 6 heteroatoms. The van der Waals surface area contributed by atoms with Gasteiger partial charge >= 0.3 is 0 Å². The monoisotopic (exact) mass is 525 g/mol. The maximum Gasteiger partial charge on any atom is 0.286 e. The van der Waals surface area contributed by atoms with E-state index in [1.165, 1.54) is 27.5 Å². The molecule has 1 fully saturated rings. The summed E-state index contributed by atoms with van der Waals surface area (Å²) in [5.41, 5.74) is 4.59. The van der Waals surface area contributed by atoms with Crippen LogP contribution in [0.5, 0.6) is 11.5 Å². The van der Waals surface area contributed by atoms with E-state index in [1.807, 2.05) is 24.3 Å². The lowest BCUT2D eigenvalue weighted by atomic mass is 9.98. The Morgan fingerprint density at radius 1 is 0.816 bits per heavy atom. The minimum absolute atomic E-state index is 0.281. The van der Waals surface area contributed by atoms with Gasteiger partial charge in [-0.25, -0.2) is 0 Å². The number of nitrogens with one attached hydrogen (secondary N) is 1. The summed E-state index contributed by atoms with van der Waals surface area (Å²) in [6.45, 7) is 3.23. The maximum atomic E-state index is 12.0. The Morgan fingerprint density at radius 2 is 1.61 bits per heavy atom. The van der Waals surface area contributed by atoms with Crippen molar-refractivity contribution < 1.29 is 19.1 Å². The molecule has 2 amide bonds. The van der Waals surface area contributed by atoms with Crippen molar-refractivity contribution in [3.05, 3.63) is 107 Å². The first-order valence-electron chi connectivity index (χ1n) is 13.1. The third-order valence-electron chi connectivity index (χ3n) is 6.53. The molecule has 0 saturated carbocycles. The number of imide groups is 1. The molecular weight excluding hydrogens is 494 g/mol. The number of hydrogen-bond acceptors (Lipinski definition) is 5. The van der Waals surface area contributed by atoms with Crippen LogP contribution in [-0.4, -0.2) is 24.4 Å². The summed E-state index contributed by atoms with van der Waals surface area (Å²) < 4.78 is 12.0. The molecule has 1 heterocycles. The summed E-state index contributed by atoms with van der Waals surface area (Å²) in [6.07, 6.45) is 3.65. The number of carbonyl (C=O) groups excluding carboxylic acids is 2. The van der Waals surface area contributed by atoms with Gasteiger partial charge in [-0.3, -0.25) is 14.9 Å². The number of benzene rings is 4. The van der Waals surface area contributed by atoms with Crippen LogP contribution in [0.1, 0.15) is 47.3 Å². The van der Waals surface area contributed by atoms with E-state index >= 15 is 0 Å². The van der Waals surface area contributed by atoms with Crippen molar-refractivity contribution in [2.24, 2.45) is 0 Å². The molecule has 38 heavy (non-hydrogen) atoms. The summed E-state index contributed by atoms with van der Waals surface area (Å²) in [5, 5.41) is 4.03. The number of amides is 2. The van der Waals surface area contributed by atoms with E-state index in [0.29, 0.717) is 19.0 Å². The van der Waals surface area contributed by atoms with Crippen LogP contribution < -0.4 is 14.8 Å². The Hall–Kier alpha value is -3.77. The maximum absolute atomic E-state index is 12.0. The average Bonchev–Trinajstić information content (AvgIpc) is 3.27. The molecule has 1 aliphatic rings. The topological polar surface area (TPSA) is 64.6 Å². The summed E-state index contributed by atoms with van der Waals surface area (Å²) in [5.74, 6) is 1.33. The quantitative estimate of drug-likeness (QED) is 0.209. The van der Waals surface area contributed by atoms with E-state index in [9.17, 15) is 9.59 Å². The smallest absolute Gasteiger partial charge is 0.286 e. The van der Waals surface area contributed by atoms with Crippen LogP contribution >= 0.6 is 11.8 Å². The highest BCUT2D eigenvalue weighted by atomic mass is 32.2. The highest BCUT2D eigenvalue weighted by Gasteiger charge is 2.33. The van der Waals surface area contributed by atoms with Crippen molar-refractivity contribution in [3.63, 3.8) is 0 Å². The summed E-state index contributed by atoms with van der Waals surface area (Å²) in [4.78, 5) is 23.4. The molecule has 1 unspecified atom stereocenters. The number of carbonyl (C=O) groups is 2. The zero-order valence-electron chi connectivity index (χ0n) is 21.4. The normalized spacial score (nSPS) is 15.0. The molecule has 0 aromatic heterocycles. The van der Waals surface area contributed by atoms with Crippen LogP contribution in [0.25, 0.3) is 10.8 Å². The number of aryl methyl sites for hydroxylation is 1. The van der Waals surface area contributed by atoms with Gasteiger partial charge in [-0.1, -0.05) is 80.1 Å². The standard InChI is InChI=1S/C32H31NO4S/c1-2-7-26-20-23(18-22-12-14-24-8-3-4-9-25(24)19-22)13-15-29(26)37-17-6-16-36-28-11-5-10-27(21-28)30-31(34)33-32(35)38-30/h3-5,8-15,19-21,30H,2,6-7,16-18H2,1H3,(H,33,34,35). The van der Waals surface area contributed by atoms with Gasteiger partial charge in [-0.15, -0.1) is 0 Å². The molecule has 0 aliphatic carbocycles. The third kappa shape index (κ3) is 6.37. The van der Waals surface area contributed by atoms with Crippen LogP contribution in [0, 0.1) is 0 Å². The predicted molar refractivity (Wildman–Crippen MR) is 153 cm³/mol. The molecular formula is C32H31NO4S. The van der Waals surface area contributed by atoms with E-state index in [2.05, 4.69) is 72.9 Å². The minimum Gasteiger partial charge on any atom is -0.493 e. The number of fused-ring (bicyclic) bond motifs is 1. The van der Waals surface area contributed by atoms with Crippen LogP contribution in [-0.2, 0) is 17.6 Å².